The lowest BCUT2D eigenvalue weighted by Crippen LogP contribution is -2.53. The van der Waals surface area contributed by atoms with Crippen molar-refractivity contribution in [2.24, 2.45) is 17.1 Å². The maximum absolute atomic E-state index is 13.2. The third kappa shape index (κ3) is 1.89. The van der Waals surface area contributed by atoms with Crippen molar-refractivity contribution in [1.82, 2.24) is 4.57 Å². The molecule has 5 rings (SSSR count). The first-order valence-electron chi connectivity index (χ1n) is 9.71. The molecule has 1 aliphatic heterocycles. The van der Waals surface area contributed by atoms with Crippen LogP contribution in [0, 0.1) is 11.3 Å². The standard InChI is InChI=1S/C21H26N2O2/c1-2-7-21-8-3-4-13-16(22)10-15-14-9-12(24)5-6-17(14)23(18(25)11-21)20(15)19(13)21/h5-6,9,13,16,19,24H,2-4,7-8,10-11,22H2,1H3/t13-,16+,19-,21+/m0/s1. The lowest BCUT2D eigenvalue weighted by molar-refractivity contribution is 0.0296. The first-order chi connectivity index (χ1) is 12.1. The number of rotatable bonds is 2. The van der Waals surface area contributed by atoms with E-state index in [-0.39, 0.29) is 23.1 Å². The summed E-state index contributed by atoms with van der Waals surface area (Å²) < 4.78 is 1.98. The van der Waals surface area contributed by atoms with E-state index in [0.717, 1.165) is 36.6 Å². The zero-order valence-corrected chi connectivity index (χ0v) is 14.8. The van der Waals surface area contributed by atoms with Crippen molar-refractivity contribution in [2.45, 2.75) is 63.8 Å². The summed E-state index contributed by atoms with van der Waals surface area (Å²) in [5.74, 6) is 1.38. The van der Waals surface area contributed by atoms with Crippen LogP contribution in [0.3, 0.4) is 0 Å². The van der Waals surface area contributed by atoms with E-state index >= 15 is 0 Å². The molecule has 25 heavy (non-hydrogen) atoms. The van der Waals surface area contributed by atoms with E-state index in [1.165, 1.54) is 24.1 Å². The topological polar surface area (TPSA) is 68.2 Å². The van der Waals surface area contributed by atoms with Crippen LogP contribution in [-0.2, 0) is 6.42 Å². The van der Waals surface area contributed by atoms with Crippen LogP contribution in [0.15, 0.2) is 18.2 Å². The van der Waals surface area contributed by atoms with Gasteiger partial charge in [-0.3, -0.25) is 9.36 Å². The Bertz CT molecular complexity index is 880. The first kappa shape index (κ1) is 15.4. The lowest BCUT2D eigenvalue weighted by Gasteiger charge is -2.54. The summed E-state index contributed by atoms with van der Waals surface area (Å²) in [4.78, 5) is 13.2. The number of aromatic nitrogens is 1. The molecule has 3 aliphatic rings. The molecule has 1 aromatic heterocycles. The second-order valence-corrected chi connectivity index (χ2v) is 8.49. The Kier molecular flexibility index (Phi) is 3.15. The largest absolute Gasteiger partial charge is 0.508 e. The molecule has 132 valence electrons. The van der Waals surface area contributed by atoms with Crippen molar-refractivity contribution in [3.05, 3.63) is 29.5 Å². The molecular weight excluding hydrogens is 312 g/mol. The van der Waals surface area contributed by atoms with E-state index in [0.29, 0.717) is 18.3 Å². The van der Waals surface area contributed by atoms with Gasteiger partial charge in [0.2, 0.25) is 5.91 Å². The zero-order chi connectivity index (χ0) is 17.3. The van der Waals surface area contributed by atoms with Gasteiger partial charge in [0, 0.05) is 29.5 Å². The smallest absolute Gasteiger partial charge is 0.231 e. The molecule has 1 saturated carbocycles. The summed E-state index contributed by atoms with van der Waals surface area (Å²) in [5.41, 5.74) is 10.2. The quantitative estimate of drug-likeness (QED) is 0.871. The number of carbonyl (C=O) groups excluding carboxylic acids is 1. The fraction of sp³-hybridized carbons (Fsp3) is 0.571. The average Bonchev–Trinajstić information content (AvgIpc) is 2.89. The molecule has 1 fully saturated rings. The Morgan fingerprint density at radius 2 is 2.24 bits per heavy atom. The summed E-state index contributed by atoms with van der Waals surface area (Å²) in [6, 6.07) is 5.57. The molecule has 2 aliphatic carbocycles. The van der Waals surface area contributed by atoms with E-state index in [1.54, 1.807) is 6.07 Å². The molecule has 1 aromatic carbocycles. The highest BCUT2D eigenvalue weighted by molar-refractivity contribution is 5.98. The summed E-state index contributed by atoms with van der Waals surface area (Å²) in [6.07, 6.45) is 7.20. The molecule has 3 N–H and O–H groups in total. The van der Waals surface area contributed by atoms with Crippen LogP contribution < -0.4 is 5.73 Å². The Morgan fingerprint density at radius 1 is 1.40 bits per heavy atom. The number of benzene rings is 1. The van der Waals surface area contributed by atoms with Crippen LogP contribution in [0.4, 0.5) is 0 Å². The molecule has 0 bridgehead atoms. The van der Waals surface area contributed by atoms with Crippen molar-refractivity contribution in [3.63, 3.8) is 0 Å². The van der Waals surface area contributed by atoms with E-state index in [2.05, 4.69) is 6.92 Å². The van der Waals surface area contributed by atoms with Crippen molar-refractivity contribution >= 4 is 16.8 Å². The van der Waals surface area contributed by atoms with Gasteiger partial charge in [-0.1, -0.05) is 19.8 Å². The Balaban J connectivity index is 1.85. The normalized spacial score (nSPS) is 33.5. The van der Waals surface area contributed by atoms with Crippen LogP contribution in [0.1, 0.15) is 67.4 Å². The van der Waals surface area contributed by atoms with Gasteiger partial charge in [0.05, 0.1) is 5.52 Å². The van der Waals surface area contributed by atoms with Crippen molar-refractivity contribution in [1.29, 1.82) is 0 Å². The first-order valence-corrected chi connectivity index (χ1v) is 9.71. The van der Waals surface area contributed by atoms with Gasteiger partial charge in [0.25, 0.3) is 0 Å². The lowest BCUT2D eigenvalue weighted by atomic mass is 9.52. The maximum Gasteiger partial charge on any atom is 0.231 e. The fourth-order valence-corrected chi connectivity index (χ4v) is 6.43. The maximum atomic E-state index is 13.2. The van der Waals surface area contributed by atoms with Gasteiger partial charge in [-0.05, 0) is 60.8 Å². The number of hydrogen-bond donors (Lipinski definition) is 2. The minimum Gasteiger partial charge on any atom is -0.508 e. The van der Waals surface area contributed by atoms with E-state index in [4.69, 9.17) is 5.73 Å². The van der Waals surface area contributed by atoms with Gasteiger partial charge >= 0.3 is 0 Å². The third-order valence-electron chi connectivity index (χ3n) is 7.18. The SMILES string of the molecule is CCC[C@@]12CCC[C@H]3[C@H](N)Cc4c(n(c5ccc(O)cc45)C(=O)C1)[C@H]32. The average molecular weight is 338 g/mol. The monoisotopic (exact) mass is 338 g/mol. The summed E-state index contributed by atoms with van der Waals surface area (Å²) in [7, 11) is 0. The van der Waals surface area contributed by atoms with Crippen LogP contribution in [0.25, 0.3) is 10.9 Å². The van der Waals surface area contributed by atoms with Crippen molar-refractivity contribution < 1.29 is 9.90 Å². The van der Waals surface area contributed by atoms with Gasteiger partial charge in [-0.2, -0.15) is 0 Å². The molecule has 0 unspecified atom stereocenters. The molecular formula is C21H26N2O2. The Hall–Kier alpha value is -1.81. The number of hydrogen-bond acceptors (Lipinski definition) is 3. The number of aromatic hydroxyl groups is 1. The highest BCUT2D eigenvalue weighted by Gasteiger charge is 2.55. The predicted octanol–water partition coefficient (Wildman–Crippen LogP) is 3.94. The number of fused-ring (bicyclic) bond motifs is 3. The van der Waals surface area contributed by atoms with E-state index in [9.17, 15) is 9.90 Å². The highest BCUT2D eigenvalue weighted by Crippen LogP contribution is 2.61. The summed E-state index contributed by atoms with van der Waals surface area (Å²) >= 11 is 0. The molecule has 4 heteroatoms. The minimum atomic E-state index is 0.0912. The number of nitrogens with zero attached hydrogens (tertiary/aromatic N) is 1. The van der Waals surface area contributed by atoms with Gasteiger partial charge < -0.3 is 10.8 Å². The van der Waals surface area contributed by atoms with E-state index < -0.39 is 0 Å². The van der Waals surface area contributed by atoms with Gasteiger partial charge in [0.1, 0.15) is 5.75 Å². The molecule has 2 aromatic rings. The minimum absolute atomic E-state index is 0.0912. The molecule has 4 atom stereocenters. The molecule has 0 amide bonds. The van der Waals surface area contributed by atoms with Crippen LogP contribution in [0.2, 0.25) is 0 Å². The van der Waals surface area contributed by atoms with Crippen molar-refractivity contribution in [3.8, 4) is 5.75 Å². The van der Waals surface area contributed by atoms with E-state index in [1.807, 2.05) is 16.7 Å². The van der Waals surface area contributed by atoms with Crippen molar-refractivity contribution in [2.75, 3.05) is 0 Å². The van der Waals surface area contributed by atoms with Gasteiger partial charge in [0.15, 0.2) is 0 Å². The number of phenols is 1. The second kappa shape index (κ2) is 5.10. The fourth-order valence-electron chi connectivity index (χ4n) is 6.43. The highest BCUT2D eigenvalue weighted by atomic mass is 16.3. The second-order valence-electron chi connectivity index (χ2n) is 8.49. The Labute approximate surface area is 148 Å². The number of phenolic OH excluding ortho intramolecular Hbond substituents is 1. The zero-order valence-electron chi connectivity index (χ0n) is 14.8. The molecule has 0 spiro atoms. The molecule has 2 heterocycles. The Morgan fingerprint density at radius 3 is 3.04 bits per heavy atom. The molecule has 0 saturated heterocycles. The summed E-state index contributed by atoms with van der Waals surface area (Å²) in [5, 5.41) is 11.0. The van der Waals surface area contributed by atoms with Gasteiger partial charge in [-0.15, -0.1) is 0 Å². The molecule has 4 nitrogen and oxygen atoms in total. The third-order valence-corrected chi connectivity index (χ3v) is 7.18. The number of carbonyl (C=O) groups is 1. The number of nitrogens with two attached hydrogens (primary N) is 1. The van der Waals surface area contributed by atoms with Crippen LogP contribution in [-0.4, -0.2) is 21.6 Å². The molecule has 0 radical (unpaired) electrons. The van der Waals surface area contributed by atoms with Crippen LogP contribution >= 0.6 is 0 Å². The van der Waals surface area contributed by atoms with Gasteiger partial charge in [-0.25, -0.2) is 0 Å². The predicted molar refractivity (Wildman–Crippen MR) is 97.9 cm³/mol. The summed E-state index contributed by atoms with van der Waals surface area (Å²) in [6.45, 7) is 2.23. The van der Waals surface area contributed by atoms with Crippen LogP contribution in [0.5, 0.6) is 5.75 Å².